The first-order chi connectivity index (χ1) is 10.8. The largest absolute Gasteiger partial charge is 0.379 e. The third-order valence-electron chi connectivity index (χ3n) is 4.21. The Morgan fingerprint density at radius 1 is 1.27 bits per heavy atom. The minimum atomic E-state index is -0.0145. The Bertz CT molecular complexity index is 494. The van der Waals surface area contributed by atoms with Gasteiger partial charge in [-0.05, 0) is 30.5 Å². The van der Waals surface area contributed by atoms with E-state index in [9.17, 15) is 4.79 Å². The molecule has 0 saturated carbocycles. The van der Waals surface area contributed by atoms with Crippen molar-refractivity contribution in [1.82, 2.24) is 10.2 Å². The zero-order valence-corrected chi connectivity index (χ0v) is 12.9. The maximum absolute atomic E-state index is 12.2. The molecule has 0 aromatic heterocycles. The molecule has 5 nitrogen and oxygen atoms in total. The lowest BCUT2D eigenvalue weighted by molar-refractivity contribution is 0.0342. The van der Waals surface area contributed by atoms with Crippen LogP contribution in [0.15, 0.2) is 24.3 Å². The average Bonchev–Trinajstić information content (AvgIpc) is 3.07. The Morgan fingerprint density at radius 3 is 2.91 bits per heavy atom. The number of nitrogens with zero attached hydrogens (tertiary/aromatic N) is 1. The van der Waals surface area contributed by atoms with Crippen LogP contribution in [0.2, 0.25) is 0 Å². The fraction of sp³-hybridized carbons (Fsp3) is 0.588. The van der Waals surface area contributed by atoms with Crippen molar-refractivity contribution in [2.24, 2.45) is 0 Å². The summed E-state index contributed by atoms with van der Waals surface area (Å²) >= 11 is 0. The molecule has 0 radical (unpaired) electrons. The third-order valence-corrected chi connectivity index (χ3v) is 4.21. The van der Waals surface area contributed by atoms with Crippen LogP contribution >= 0.6 is 0 Å². The van der Waals surface area contributed by atoms with Crippen LogP contribution < -0.4 is 5.32 Å². The molecule has 2 fully saturated rings. The zero-order valence-electron chi connectivity index (χ0n) is 12.9. The highest BCUT2D eigenvalue weighted by Gasteiger charge is 2.17. The quantitative estimate of drug-likeness (QED) is 0.894. The van der Waals surface area contributed by atoms with Gasteiger partial charge < -0.3 is 14.8 Å². The lowest BCUT2D eigenvalue weighted by Crippen LogP contribution is -2.35. The monoisotopic (exact) mass is 304 g/mol. The van der Waals surface area contributed by atoms with E-state index in [2.05, 4.69) is 16.3 Å². The Balaban J connectivity index is 1.53. The topological polar surface area (TPSA) is 50.8 Å². The molecule has 1 aromatic rings. The first kappa shape index (κ1) is 15.5. The highest BCUT2D eigenvalue weighted by atomic mass is 16.5. The van der Waals surface area contributed by atoms with Crippen LogP contribution in [-0.2, 0) is 16.0 Å². The Morgan fingerprint density at radius 2 is 2.14 bits per heavy atom. The lowest BCUT2D eigenvalue weighted by atomic mass is 10.1. The summed E-state index contributed by atoms with van der Waals surface area (Å²) in [5.41, 5.74) is 1.90. The highest BCUT2D eigenvalue weighted by Crippen LogP contribution is 2.12. The van der Waals surface area contributed by atoms with Gasteiger partial charge in [0.1, 0.15) is 0 Å². The number of rotatable bonds is 5. The molecule has 2 aliphatic rings. The molecule has 1 amide bonds. The van der Waals surface area contributed by atoms with Crippen LogP contribution in [0, 0.1) is 0 Å². The molecule has 1 aromatic carbocycles. The van der Waals surface area contributed by atoms with E-state index < -0.39 is 0 Å². The number of ether oxygens (including phenoxy) is 2. The molecule has 1 atom stereocenters. The molecule has 120 valence electrons. The minimum Gasteiger partial charge on any atom is -0.379 e. The molecule has 2 saturated heterocycles. The van der Waals surface area contributed by atoms with Crippen LogP contribution in [0.25, 0.3) is 0 Å². The van der Waals surface area contributed by atoms with E-state index in [1.54, 1.807) is 0 Å². The van der Waals surface area contributed by atoms with Crippen molar-refractivity contribution in [3.63, 3.8) is 0 Å². The van der Waals surface area contributed by atoms with E-state index in [1.807, 2.05) is 18.2 Å². The standard InChI is InChI=1S/C17H24N2O3/c20-17(18-12-16-5-2-8-22-16)15-4-1-3-14(11-15)13-19-6-9-21-10-7-19/h1,3-4,11,16H,2,5-10,12-13H2,(H,18,20)/t16-/m1/s1. The maximum Gasteiger partial charge on any atom is 0.251 e. The molecule has 2 aliphatic heterocycles. The molecule has 0 aliphatic carbocycles. The minimum absolute atomic E-state index is 0.0145. The summed E-state index contributed by atoms with van der Waals surface area (Å²) in [6.45, 7) is 5.78. The molecule has 2 heterocycles. The smallest absolute Gasteiger partial charge is 0.251 e. The summed E-state index contributed by atoms with van der Waals surface area (Å²) < 4.78 is 10.9. The van der Waals surface area contributed by atoms with Crippen LogP contribution in [0.4, 0.5) is 0 Å². The van der Waals surface area contributed by atoms with Crippen molar-refractivity contribution in [2.75, 3.05) is 39.5 Å². The number of hydrogen-bond acceptors (Lipinski definition) is 4. The summed E-state index contributed by atoms with van der Waals surface area (Å²) in [5.74, 6) is -0.0145. The predicted octanol–water partition coefficient (Wildman–Crippen LogP) is 1.43. The number of morpholine rings is 1. The molecule has 22 heavy (non-hydrogen) atoms. The summed E-state index contributed by atoms with van der Waals surface area (Å²) in [7, 11) is 0. The summed E-state index contributed by atoms with van der Waals surface area (Å²) in [6.07, 6.45) is 2.31. The van der Waals surface area contributed by atoms with Gasteiger partial charge in [-0.3, -0.25) is 9.69 Å². The van der Waals surface area contributed by atoms with Crippen molar-refractivity contribution in [1.29, 1.82) is 0 Å². The van der Waals surface area contributed by atoms with Gasteiger partial charge in [0.15, 0.2) is 0 Å². The van der Waals surface area contributed by atoms with Gasteiger partial charge in [0.05, 0.1) is 19.3 Å². The molecule has 3 rings (SSSR count). The molecule has 0 unspecified atom stereocenters. The van der Waals surface area contributed by atoms with Crippen molar-refractivity contribution >= 4 is 5.91 Å². The molecular weight excluding hydrogens is 280 g/mol. The van der Waals surface area contributed by atoms with Crippen molar-refractivity contribution in [3.05, 3.63) is 35.4 Å². The van der Waals surface area contributed by atoms with Crippen LogP contribution in [0.5, 0.6) is 0 Å². The van der Waals surface area contributed by atoms with Gasteiger partial charge in [0.2, 0.25) is 0 Å². The number of hydrogen-bond donors (Lipinski definition) is 1. The van der Waals surface area contributed by atoms with Crippen molar-refractivity contribution in [2.45, 2.75) is 25.5 Å². The average molecular weight is 304 g/mol. The van der Waals surface area contributed by atoms with Gasteiger partial charge in [-0.1, -0.05) is 12.1 Å². The van der Waals surface area contributed by atoms with Gasteiger partial charge in [0.25, 0.3) is 5.91 Å². The van der Waals surface area contributed by atoms with Crippen LogP contribution in [-0.4, -0.2) is 56.4 Å². The first-order valence-corrected chi connectivity index (χ1v) is 8.10. The van der Waals surface area contributed by atoms with Crippen LogP contribution in [0.1, 0.15) is 28.8 Å². The number of carbonyl (C=O) groups excluding carboxylic acids is 1. The number of carbonyl (C=O) groups is 1. The van der Waals surface area contributed by atoms with E-state index in [0.29, 0.717) is 6.54 Å². The van der Waals surface area contributed by atoms with E-state index in [4.69, 9.17) is 9.47 Å². The van der Waals surface area contributed by atoms with Crippen molar-refractivity contribution < 1.29 is 14.3 Å². The van der Waals surface area contributed by atoms with Gasteiger partial charge in [-0.15, -0.1) is 0 Å². The normalized spacial score (nSPS) is 22.6. The van der Waals surface area contributed by atoms with E-state index in [-0.39, 0.29) is 12.0 Å². The van der Waals surface area contributed by atoms with E-state index >= 15 is 0 Å². The fourth-order valence-electron chi connectivity index (χ4n) is 2.94. The SMILES string of the molecule is O=C(NC[C@H]1CCCO1)c1cccc(CN2CCOCC2)c1. The Kier molecular flexibility index (Phi) is 5.43. The van der Waals surface area contributed by atoms with E-state index in [1.165, 1.54) is 5.56 Å². The molecular formula is C17H24N2O3. The fourth-order valence-corrected chi connectivity index (χ4v) is 2.94. The maximum atomic E-state index is 12.2. The summed E-state index contributed by atoms with van der Waals surface area (Å²) in [5, 5.41) is 2.97. The summed E-state index contributed by atoms with van der Waals surface area (Å²) in [4.78, 5) is 14.6. The Labute approximate surface area is 131 Å². The first-order valence-electron chi connectivity index (χ1n) is 8.10. The molecule has 1 N–H and O–H groups in total. The number of benzene rings is 1. The number of amides is 1. The lowest BCUT2D eigenvalue weighted by Gasteiger charge is -2.26. The summed E-state index contributed by atoms with van der Waals surface area (Å²) in [6, 6.07) is 7.89. The second-order valence-corrected chi connectivity index (χ2v) is 5.93. The second-order valence-electron chi connectivity index (χ2n) is 5.93. The molecule has 0 spiro atoms. The second kappa shape index (κ2) is 7.72. The predicted molar refractivity (Wildman–Crippen MR) is 83.8 cm³/mol. The van der Waals surface area contributed by atoms with Gasteiger partial charge in [-0.25, -0.2) is 0 Å². The van der Waals surface area contributed by atoms with Gasteiger partial charge in [0, 0.05) is 38.3 Å². The van der Waals surface area contributed by atoms with Gasteiger partial charge >= 0.3 is 0 Å². The van der Waals surface area contributed by atoms with Gasteiger partial charge in [-0.2, -0.15) is 0 Å². The zero-order chi connectivity index (χ0) is 15.2. The van der Waals surface area contributed by atoms with Crippen LogP contribution in [0.3, 0.4) is 0 Å². The highest BCUT2D eigenvalue weighted by molar-refractivity contribution is 5.94. The molecule has 0 bridgehead atoms. The Hall–Kier alpha value is -1.43. The van der Waals surface area contributed by atoms with E-state index in [0.717, 1.165) is 57.9 Å². The third kappa shape index (κ3) is 4.29. The number of nitrogens with one attached hydrogen (secondary N) is 1. The van der Waals surface area contributed by atoms with Crippen molar-refractivity contribution in [3.8, 4) is 0 Å². The molecule has 5 heteroatoms.